The first-order valence-electron chi connectivity index (χ1n) is 6.87. The number of halogens is 1. The number of nitrogen functional groups attached to an aromatic ring is 1. The molecule has 7 nitrogen and oxygen atoms in total. The summed E-state index contributed by atoms with van der Waals surface area (Å²) >= 11 is 5.72. The van der Waals surface area contributed by atoms with Gasteiger partial charge in [0, 0.05) is 12.4 Å². The lowest BCUT2D eigenvalue weighted by Gasteiger charge is -2.09. The Kier molecular flexibility index (Phi) is 5.06. The van der Waals surface area contributed by atoms with E-state index in [4.69, 9.17) is 26.8 Å². The molecule has 0 spiro atoms. The van der Waals surface area contributed by atoms with Crippen LogP contribution in [-0.4, -0.2) is 38.6 Å². The monoisotopic (exact) mass is 313 g/mol. The van der Waals surface area contributed by atoms with E-state index in [0.717, 1.165) is 12.8 Å². The summed E-state index contributed by atoms with van der Waals surface area (Å²) in [6.45, 7) is 4.51. The zero-order valence-corrected chi connectivity index (χ0v) is 13.2. The molecule has 0 aliphatic carbocycles. The standard InChI is InChI=1S/C13H20ClN5O2/c1-8(2)21-12-17-10(15)9-11(18-12)19(7-5-4-6-14)13(16-9)20-3/h8H,4-7H2,1-3H3,(H2,15,17,18). The van der Waals surface area contributed by atoms with Crippen LogP contribution >= 0.6 is 11.6 Å². The van der Waals surface area contributed by atoms with Crippen molar-refractivity contribution in [2.24, 2.45) is 0 Å². The minimum Gasteiger partial charge on any atom is -0.468 e. The van der Waals surface area contributed by atoms with Gasteiger partial charge in [-0.1, -0.05) is 0 Å². The van der Waals surface area contributed by atoms with E-state index >= 15 is 0 Å². The van der Waals surface area contributed by atoms with E-state index in [2.05, 4.69) is 15.0 Å². The number of aromatic nitrogens is 4. The molecule has 0 aliphatic heterocycles. The van der Waals surface area contributed by atoms with Gasteiger partial charge in [0.2, 0.25) is 0 Å². The molecular formula is C13H20ClN5O2. The van der Waals surface area contributed by atoms with Gasteiger partial charge in [0.25, 0.3) is 6.01 Å². The highest BCUT2D eigenvalue weighted by atomic mass is 35.5. The SMILES string of the molecule is COc1nc2c(N)nc(OC(C)C)nc2n1CCCCCl. The van der Waals surface area contributed by atoms with Crippen LogP contribution in [0.15, 0.2) is 0 Å². The maximum atomic E-state index is 5.94. The molecule has 21 heavy (non-hydrogen) atoms. The van der Waals surface area contributed by atoms with Crippen LogP contribution in [0, 0.1) is 0 Å². The van der Waals surface area contributed by atoms with Gasteiger partial charge in [-0.3, -0.25) is 4.57 Å². The molecule has 0 fully saturated rings. The molecule has 2 heterocycles. The minimum absolute atomic E-state index is 0.0311. The lowest BCUT2D eigenvalue weighted by molar-refractivity contribution is 0.223. The van der Waals surface area contributed by atoms with Gasteiger partial charge >= 0.3 is 6.01 Å². The Bertz CT molecular complexity index is 614. The molecule has 2 N–H and O–H groups in total. The molecule has 0 amide bonds. The zero-order chi connectivity index (χ0) is 15.4. The Morgan fingerprint density at radius 1 is 1.24 bits per heavy atom. The van der Waals surface area contributed by atoms with Crippen molar-refractivity contribution in [1.29, 1.82) is 0 Å². The Hall–Kier alpha value is -1.76. The van der Waals surface area contributed by atoms with Gasteiger partial charge in [-0.15, -0.1) is 11.6 Å². The van der Waals surface area contributed by atoms with Crippen LogP contribution < -0.4 is 15.2 Å². The molecule has 0 radical (unpaired) electrons. The maximum Gasteiger partial charge on any atom is 0.320 e. The molecule has 8 heteroatoms. The van der Waals surface area contributed by atoms with Gasteiger partial charge in [0.1, 0.15) is 0 Å². The van der Waals surface area contributed by atoms with Crippen LogP contribution in [0.5, 0.6) is 12.0 Å². The van der Waals surface area contributed by atoms with Crippen LogP contribution in [-0.2, 0) is 6.54 Å². The van der Waals surface area contributed by atoms with Crippen molar-refractivity contribution in [2.45, 2.75) is 39.3 Å². The highest BCUT2D eigenvalue weighted by molar-refractivity contribution is 6.17. The number of aryl methyl sites for hydroxylation is 1. The Balaban J connectivity index is 2.45. The van der Waals surface area contributed by atoms with Crippen molar-refractivity contribution in [3.8, 4) is 12.0 Å². The molecule has 0 saturated carbocycles. The molecule has 2 rings (SSSR count). The van der Waals surface area contributed by atoms with Crippen LogP contribution in [0.4, 0.5) is 5.82 Å². The summed E-state index contributed by atoms with van der Waals surface area (Å²) in [6.07, 6.45) is 1.77. The van der Waals surface area contributed by atoms with Gasteiger partial charge in [-0.2, -0.15) is 15.0 Å². The summed E-state index contributed by atoms with van der Waals surface area (Å²) in [5, 5.41) is 0. The highest BCUT2D eigenvalue weighted by Crippen LogP contribution is 2.26. The predicted octanol–water partition coefficient (Wildman–Crippen LogP) is 2.22. The van der Waals surface area contributed by atoms with Gasteiger partial charge in [-0.25, -0.2) is 0 Å². The number of rotatable bonds is 7. The number of hydrogen-bond donors (Lipinski definition) is 1. The number of fused-ring (bicyclic) bond motifs is 1. The van der Waals surface area contributed by atoms with Crippen LogP contribution in [0.25, 0.3) is 11.2 Å². The molecule has 2 aromatic rings. The van der Waals surface area contributed by atoms with E-state index in [-0.39, 0.29) is 17.9 Å². The number of methoxy groups -OCH3 is 1. The second-order valence-corrected chi connectivity index (χ2v) is 5.25. The third-order valence-corrected chi connectivity index (χ3v) is 3.12. The first-order chi connectivity index (χ1) is 10.1. The third kappa shape index (κ3) is 3.47. The maximum absolute atomic E-state index is 5.94. The Morgan fingerprint density at radius 2 is 2.00 bits per heavy atom. The van der Waals surface area contributed by atoms with E-state index in [1.54, 1.807) is 7.11 Å². The van der Waals surface area contributed by atoms with E-state index in [9.17, 15) is 0 Å². The summed E-state index contributed by atoms with van der Waals surface area (Å²) in [4.78, 5) is 12.8. The highest BCUT2D eigenvalue weighted by Gasteiger charge is 2.17. The largest absolute Gasteiger partial charge is 0.468 e. The molecule has 116 valence electrons. The lowest BCUT2D eigenvalue weighted by Crippen LogP contribution is -2.10. The van der Waals surface area contributed by atoms with Crippen molar-refractivity contribution < 1.29 is 9.47 Å². The molecule has 0 aliphatic rings. The smallest absolute Gasteiger partial charge is 0.320 e. The van der Waals surface area contributed by atoms with E-state index in [1.807, 2.05) is 18.4 Å². The number of anilines is 1. The average Bonchev–Trinajstić information content (AvgIpc) is 2.77. The van der Waals surface area contributed by atoms with Crippen LogP contribution in [0.3, 0.4) is 0 Å². The first kappa shape index (κ1) is 15.6. The summed E-state index contributed by atoms with van der Waals surface area (Å²) in [5.41, 5.74) is 7.08. The first-order valence-corrected chi connectivity index (χ1v) is 7.40. The zero-order valence-electron chi connectivity index (χ0n) is 12.5. The third-order valence-electron chi connectivity index (χ3n) is 2.86. The summed E-state index contributed by atoms with van der Waals surface area (Å²) < 4.78 is 12.7. The predicted molar refractivity (Wildman–Crippen MR) is 82.0 cm³/mol. The van der Waals surface area contributed by atoms with Crippen LogP contribution in [0.2, 0.25) is 0 Å². The fraction of sp³-hybridized carbons (Fsp3) is 0.615. The second kappa shape index (κ2) is 6.80. The van der Waals surface area contributed by atoms with E-state index < -0.39 is 0 Å². The van der Waals surface area contributed by atoms with Crippen molar-refractivity contribution >= 4 is 28.6 Å². The fourth-order valence-corrected chi connectivity index (χ4v) is 2.16. The van der Waals surface area contributed by atoms with E-state index in [0.29, 0.717) is 29.6 Å². The number of alkyl halides is 1. The number of ether oxygens (including phenoxy) is 2. The number of imidazole rings is 1. The molecule has 0 bridgehead atoms. The normalized spacial score (nSPS) is 11.3. The van der Waals surface area contributed by atoms with E-state index in [1.165, 1.54) is 0 Å². The van der Waals surface area contributed by atoms with Crippen molar-refractivity contribution in [3.05, 3.63) is 0 Å². The summed E-state index contributed by atoms with van der Waals surface area (Å²) in [6, 6.07) is 0.707. The Morgan fingerprint density at radius 3 is 2.62 bits per heavy atom. The summed E-state index contributed by atoms with van der Waals surface area (Å²) in [5.74, 6) is 0.901. The molecular weight excluding hydrogens is 294 g/mol. The van der Waals surface area contributed by atoms with Crippen LogP contribution in [0.1, 0.15) is 26.7 Å². The molecule has 0 saturated heterocycles. The fourth-order valence-electron chi connectivity index (χ4n) is 1.97. The van der Waals surface area contributed by atoms with Gasteiger partial charge in [0.05, 0.1) is 13.2 Å². The molecule has 0 unspecified atom stereocenters. The number of nitrogens with zero attached hydrogens (tertiary/aromatic N) is 4. The van der Waals surface area contributed by atoms with Crippen molar-refractivity contribution in [2.75, 3.05) is 18.7 Å². The Labute approximate surface area is 128 Å². The van der Waals surface area contributed by atoms with Gasteiger partial charge in [0.15, 0.2) is 17.0 Å². The molecule has 2 aromatic heterocycles. The van der Waals surface area contributed by atoms with Crippen molar-refractivity contribution in [3.63, 3.8) is 0 Å². The van der Waals surface area contributed by atoms with Gasteiger partial charge < -0.3 is 15.2 Å². The number of hydrogen-bond acceptors (Lipinski definition) is 6. The number of unbranched alkanes of at least 4 members (excludes halogenated alkanes) is 1. The lowest BCUT2D eigenvalue weighted by atomic mass is 10.3. The van der Waals surface area contributed by atoms with Gasteiger partial charge in [-0.05, 0) is 26.7 Å². The molecule has 0 aromatic carbocycles. The molecule has 0 atom stereocenters. The quantitative estimate of drug-likeness (QED) is 0.623. The van der Waals surface area contributed by atoms with Crippen molar-refractivity contribution in [1.82, 2.24) is 19.5 Å². The number of nitrogens with two attached hydrogens (primary N) is 1. The second-order valence-electron chi connectivity index (χ2n) is 4.88. The topological polar surface area (TPSA) is 88.1 Å². The summed E-state index contributed by atoms with van der Waals surface area (Å²) in [7, 11) is 1.56. The average molecular weight is 314 g/mol. The minimum atomic E-state index is -0.0311.